The standard InChI is InChI=1S/C14H20N4O3/c1-3-20-14-10-12(21-17-14)4-5-13(19)15-8-9-18-11(2)6-7-16-18/h6-7,10H,3-5,8-9H2,1-2H3,(H,15,19). The highest BCUT2D eigenvalue weighted by Gasteiger charge is 2.08. The summed E-state index contributed by atoms with van der Waals surface area (Å²) in [5, 5.41) is 10.8. The van der Waals surface area contributed by atoms with E-state index in [4.69, 9.17) is 9.26 Å². The normalized spacial score (nSPS) is 10.6. The van der Waals surface area contributed by atoms with Crippen molar-refractivity contribution in [2.45, 2.75) is 33.2 Å². The molecule has 0 aromatic carbocycles. The predicted octanol–water partition coefficient (Wildman–Crippen LogP) is 1.33. The molecule has 114 valence electrons. The van der Waals surface area contributed by atoms with E-state index in [9.17, 15) is 4.79 Å². The number of hydrogen-bond donors (Lipinski definition) is 1. The van der Waals surface area contributed by atoms with Gasteiger partial charge in [-0.25, -0.2) is 0 Å². The van der Waals surface area contributed by atoms with Crippen LogP contribution in [0.25, 0.3) is 0 Å². The Morgan fingerprint density at radius 2 is 2.38 bits per heavy atom. The first-order valence-corrected chi connectivity index (χ1v) is 7.02. The van der Waals surface area contributed by atoms with Crippen molar-refractivity contribution in [2.24, 2.45) is 0 Å². The third-order valence-corrected chi connectivity index (χ3v) is 3.00. The van der Waals surface area contributed by atoms with Crippen LogP contribution in [0.15, 0.2) is 22.9 Å². The quantitative estimate of drug-likeness (QED) is 0.793. The van der Waals surface area contributed by atoms with Gasteiger partial charge in [-0.1, -0.05) is 0 Å². The molecule has 2 aromatic heterocycles. The molecule has 0 saturated carbocycles. The number of nitrogens with zero attached hydrogens (tertiary/aromatic N) is 3. The molecular formula is C14H20N4O3. The van der Waals surface area contributed by atoms with E-state index in [1.807, 2.05) is 24.6 Å². The van der Waals surface area contributed by atoms with Crippen LogP contribution >= 0.6 is 0 Å². The van der Waals surface area contributed by atoms with Crippen molar-refractivity contribution in [1.29, 1.82) is 0 Å². The molecule has 1 amide bonds. The Morgan fingerprint density at radius 1 is 1.52 bits per heavy atom. The topological polar surface area (TPSA) is 82.2 Å². The van der Waals surface area contributed by atoms with E-state index in [1.54, 1.807) is 12.3 Å². The Labute approximate surface area is 123 Å². The van der Waals surface area contributed by atoms with Gasteiger partial charge in [-0.15, -0.1) is 0 Å². The molecule has 0 atom stereocenters. The maximum absolute atomic E-state index is 11.7. The van der Waals surface area contributed by atoms with E-state index in [-0.39, 0.29) is 5.91 Å². The summed E-state index contributed by atoms with van der Waals surface area (Å²) in [5.74, 6) is 1.09. The highest BCUT2D eigenvalue weighted by molar-refractivity contribution is 5.76. The second-order valence-electron chi connectivity index (χ2n) is 4.61. The molecule has 0 aliphatic carbocycles. The number of aryl methyl sites for hydroxylation is 2. The Kier molecular flexibility index (Phi) is 5.36. The van der Waals surface area contributed by atoms with Crippen molar-refractivity contribution in [3.8, 4) is 5.88 Å². The van der Waals surface area contributed by atoms with Crippen LogP contribution in [0.5, 0.6) is 5.88 Å². The molecule has 7 nitrogen and oxygen atoms in total. The minimum Gasteiger partial charge on any atom is -0.476 e. The molecule has 0 aliphatic heterocycles. The van der Waals surface area contributed by atoms with Crippen LogP contribution in [0.1, 0.15) is 24.8 Å². The summed E-state index contributed by atoms with van der Waals surface area (Å²) in [7, 11) is 0. The molecule has 21 heavy (non-hydrogen) atoms. The van der Waals surface area contributed by atoms with Gasteiger partial charge in [0.15, 0.2) is 0 Å². The van der Waals surface area contributed by atoms with E-state index in [0.717, 1.165) is 5.69 Å². The van der Waals surface area contributed by atoms with E-state index in [0.29, 0.717) is 44.2 Å². The molecule has 0 bridgehead atoms. The Hall–Kier alpha value is -2.31. The van der Waals surface area contributed by atoms with Crippen molar-refractivity contribution < 1.29 is 14.1 Å². The van der Waals surface area contributed by atoms with Crippen molar-refractivity contribution in [1.82, 2.24) is 20.3 Å². The molecule has 0 unspecified atom stereocenters. The fourth-order valence-electron chi connectivity index (χ4n) is 1.89. The fourth-order valence-corrected chi connectivity index (χ4v) is 1.89. The van der Waals surface area contributed by atoms with Crippen molar-refractivity contribution in [2.75, 3.05) is 13.2 Å². The zero-order valence-electron chi connectivity index (χ0n) is 12.3. The summed E-state index contributed by atoms with van der Waals surface area (Å²) in [6.07, 6.45) is 2.61. The third-order valence-electron chi connectivity index (χ3n) is 3.00. The highest BCUT2D eigenvalue weighted by atomic mass is 16.5. The first-order chi connectivity index (χ1) is 10.2. The number of carbonyl (C=O) groups excluding carboxylic acids is 1. The number of aromatic nitrogens is 3. The van der Waals surface area contributed by atoms with Gasteiger partial charge >= 0.3 is 0 Å². The van der Waals surface area contributed by atoms with E-state index in [1.165, 1.54) is 0 Å². The third kappa shape index (κ3) is 4.62. The van der Waals surface area contributed by atoms with Crippen LogP contribution in [-0.2, 0) is 17.8 Å². The monoisotopic (exact) mass is 292 g/mol. The Morgan fingerprint density at radius 3 is 3.10 bits per heavy atom. The summed E-state index contributed by atoms with van der Waals surface area (Å²) in [4.78, 5) is 11.7. The van der Waals surface area contributed by atoms with Gasteiger partial charge in [0, 0.05) is 37.3 Å². The molecule has 2 rings (SSSR count). The summed E-state index contributed by atoms with van der Waals surface area (Å²) in [5.41, 5.74) is 1.08. The Bertz CT molecular complexity index is 576. The van der Waals surface area contributed by atoms with Gasteiger partial charge in [0.05, 0.1) is 13.2 Å². The highest BCUT2D eigenvalue weighted by Crippen LogP contribution is 2.12. The fraction of sp³-hybridized carbons (Fsp3) is 0.500. The van der Waals surface area contributed by atoms with Crippen molar-refractivity contribution in [3.05, 3.63) is 29.8 Å². The SMILES string of the molecule is CCOc1cc(CCC(=O)NCCn2nccc2C)on1. The van der Waals surface area contributed by atoms with Gasteiger partial charge in [-0.2, -0.15) is 5.10 Å². The molecule has 0 saturated heterocycles. The number of nitrogens with one attached hydrogen (secondary N) is 1. The van der Waals surface area contributed by atoms with Crippen molar-refractivity contribution >= 4 is 5.91 Å². The lowest BCUT2D eigenvalue weighted by Crippen LogP contribution is -2.27. The van der Waals surface area contributed by atoms with Crippen LogP contribution in [0.2, 0.25) is 0 Å². The molecule has 0 radical (unpaired) electrons. The average molecular weight is 292 g/mol. The van der Waals surface area contributed by atoms with E-state index >= 15 is 0 Å². The summed E-state index contributed by atoms with van der Waals surface area (Å²) in [6.45, 7) is 5.63. The molecule has 0 spiro atoms. The number of ether oxygens (including phenoxy) is 1. The maximum atomic E-state index is 11.7. The molecule has 2 aromatic rings. The zero-order valence-corrected chi connectivity index (χ0v) is 12.3. The molecule has 7 heteroatoms. The van der Waals surface area contributed by atoms with Gasteiger partial charge in [0.25, 0.3) is 5.88 Å². The molecule has 0 fully saturated rings. The number of amides is 1. The lowest BCUT2D eigenvalue weighted by atomic mass is 10.2. The number of rotatable bonds is 8. The number of hydrogen-bond acceptors (Lipinski definition) is 5. The molecule has 1 N–H and O–H groups in total. The van der Waals surface area contributed by atoms with Crippen LogP contribution in [0.3, 0.4) is 0 Å². The average Bonchev–Trinajstić information content (AvgIpc) is 3.07. The van der Waals surface area contributed by atoms with E-state index < -0.39 is 0 Å². The molecule has 2 heterocycles. The van der Waals surface area contributed by atoms with Crippen molar-refractivity contribution in [3.63, 3.8) is 0 Å². The second-order valence-corrected chi connectivity index (χ2v) is 4.61. The van der Waals surface area contributed by atoms with E-state index in [2.05, 4.69) is 15.6 Å². The second kappa shape index (κ2) is 7.47. The van der Waals surface area contributed by atoms with Gasteiger partial charge in [-0.3, -0.25) is 9.48 Å². The van der Waals surface area contributed by atoms with Crippen LogP contribution in [0.4, 0.5) is 0 Å². The van der Waals surface area contributed by atoms with Gasteiger partial charge in [0.2, 0.25) is 5.91 Å². The minimum atomic E-state index is -0.0193. The molecule has 0 aliphatic rings. The lowest BCUT2D eigenvalue weighted by molar-refractivity contribution is -0.121. The van der Waals surface area contributed by atoms with Gasteiger partial charge in [0.1, 0.15) is 5.76 Å². The smallest absolute Gasteiger partial charge is 0.254 e. The number of carbonyl (C=O) groups is 1. The van der Waals surface area contributed by atoms with Gasteiger partial charge in [-0.05, 0) is 25.1 Å². The van der Waals surface area contributed by atoms with Crippen LogP contribution in [0, 0.1) is 6.92 Å². The van der Waals surface area contributed by atoms with Crippen LogP contribution < -0.4 is 10.1 Å². The summed E-state index contributed by atoms with van der Waals surface area (Å²) < 4.78 is 12.1. The zero-order chi connectivity index (χ0) is 15.1. The summed E-state index contributed by atoms with van der Waals surface area (Å²) >= 11 is 0. The van der Waals surface area contributed by atoms with Crippen LogP contribution in [-0.4, -0.2) is 34.0 Å². The maximum Gasteiger partial charge on any atom is 0.254 e. The summed E-state index contributed by atoms with van der Waals surface area (Å²) in [6, 6.07) is 3.64. The van der Waals surface area contributed by atoms with Gasteiger partial charge < -0.3 is 14.6 Å². The largest absolute Gasteiger partial charge is 0.476 e. The minimum absolute atomic E-state index is 0.0193. The lowest BCUT2D eigenvalue weighted by Gasteiger charge is -2.06. The Balaban J connectivity index is 1.66. The first-order valence-electron chi connectivity index (χ1n) is 7.02. The first kappa shape index (κ1) is 15.1. The predicted molar refractivity (Wildman–Crippen MR) is 76.0 cm³/mol. The molecular weight excluding hydrogens is 272 g/mol.